The Hall–Kier alpha value is -0.120. The van der Waals surface area contributed by atoms with Crippen LogP contribution in [0, 0.1) is 11.3 Å². The van der Waals surface area contributed by atoms with Crippen LogP contribution in [-0.2, 0) is 4.74 Å². The van der Waals surface area contributed by atoms with Crippen LogP contribution < -0.4 is 11.1 Å². The summed E-state index contributed by atoms with van der Waals surface area (Å²) in [4.78, 5) is 0. The maximum absolute atomic E-state index is 5.92. The summed E-state index contributed by atoms with van der Waals surface area (Å²) in [5, 5.41) is 3.65. The van der Waals surface area contributed by atoms with Gasteiger partial charge in [0.2, 0.25) is 0 Å². The largest absolute Gasteiger partial charge is 0.381 e. The highest BCUT2D eigenvalue weighted by Crippen LogP contribution is 2.29. The fourth-order valence-electron chi connectivity index (χ4n) is 2.92. The Balaban J connectivity index is 1.63. The van der Waals surface area contributed by atoms with Gasteiger partial charge in [-0.3, -0.25) is 0 Å². The van der Waals surface area contributed by atoms with Crippen molar-refractivity contribution < 1.29 is 4.74 Å². The molecular weight excluding hydrogens is 200 g/mol. The van der Waals surface area contributed by atoms with Gasteiger partial charge in [0.1, 0.15) is 0 Å². The van der Waals surface area contributed by atoms with Crippen molar-refractivity contribution in [2.45, 2.75) is 45.1 Å². The molecule has 2 fully saturated rings. The zero-order valence-electron chi connectivity index (χ0n) is 10.5. The third-order valence-electron chi connectivity index (χ3n) is 4.27. The summed E-state index contributed by atoms with van der Waals surface area (Å²) < 4.78 is 5.41. The molecule has 2 rings (SSSR count). The third-order valence-corrected chi connectivity index (χ3v) is 4.27. The molecule has 2 aliphatic rings. The Morgan fingerprint density at radius 3 is 2.69 bits per heavy atom. The summed E-state index contributed by atoms with van der Waals surface area (Å²) in [5.41, 5.74) is 6.38. The van der Waals surface area contributed by atoms with E-state index < -0.39 is 0 Å². The average molecular weight is 226 g/mol. The fraction of sp³-hybridized carbons (Fsp3) is 1.00. The van der Waals surface area contributed by atoms with Gasteiger partial charge >= 0.3 is 0 Å². The van der Waals surface area contributed by atoms with Gasteiger partial charge in [0.15, 0.2) is 0 Å². The Morgan fingerprint density at radius 2 is 2.06 bits per heavy atom. The summed E-state index contributed by atoms with van der Waals surface area (Å²) in [7, 11) is 0. The number of nitrogens with one attached hydrogen (secondary N) is 1. The van der Waals surface area contributed by atoms with E-state index >= 15 is 0 Å². The second-order valence-electron chi connectivity index (χ2n) is 5.99. The first-order valence-corrected chi connectivity index (χ1v) is 6.72. The minimum atomic E-state index is 0.457. The van der Waals surface area contributed by atoms with Crippen molar-refractivity contribution in [3.05, 3.63) is 0 Å². The lowest BCUT2D eigenvalue weighted by atomic mass is 9.82. The molecule has 0 aromatic heterocycles. The van der Waals surface area contributed by atoms with Gasteiger partial charge in [-0.05, 0) is 50.0 Å². The highest BCUT2D eigenvalue weighted by molar-refractivity contribution is 4.82. The highest BCUT2D eigenvalue weighted by Gasteiger charge is 2.28. The fourth-order valence-corrected chi connectivity index (χ4v) is 2.92. The molecule has 0 aromatic carbocycles. The van der Waals surface area contributed by atoms with Crippen LogP contribution in [0.2, 0.25) is 0 Å². The first-order valence-electron chi connectivity index (χ1n) is 6.72. The van der Waals surface area contributed by atoms with E-state index in [0.717, 1.165) is 32.2 Å². The molecule has 1 aliphatic carbocycles. The van der Waals surface area contributed by atoms with E-state index in [1.54, 1.807) is 0 Å². The predicted octanol–water partition coefficient (Wildman–Crippen LogP) is 1.52. The second-order valence-corrected chi connectivity index (χ2v) is 5.99. The predicted molar refractivity (Wildman–Crippen MR) is 66.3 cm³/mol. The Morgan fingerprint density at radius 1 is 1.31 bits per heavy atom. The topological polar surface area (TPSA) is 47.3 Å². The Bertz CT molecular complexity index is 214. The van der Waals surface area contributed by atoms with Gasteiger partial charge < -0.3 is 15.8 Å². The number of rotatable bonds is 4. The average Bonchev–Trinajstić information content (AvgIpc) is 2.65. The quantitative estimate of drug-likeness (QED) is 0.764. The zero-order chi connectivity index (χ0) is 11.4. The Kier molecular flexibility index (Phi) is 4.22. The van der Waals surface area contributed by atoms with Crippen molar-refractivity contribution in [3.63, 3.8) is 0 Å². The van der Waals surface area contributed by atoms with Crippen molar-refractivity contribution in [3.8, 4) is 0 Å². The molecule has 1 heterocycles. The number of ether oxygens (including phenoxy) is 1. The molecule has 0 bridgehead atoms. The monoisotopic (exact) mass is 226 g/mol. The van der Waals surface area contributed by atoms with Crippen LogP contribution in [0.1, 0.15) is 39.0 Å². The molecule has 2 unspecified atom stereocenters. The molecule has 94 valence electrons. The smallest absolute Gasteiger partial charge is 0.0471 e. The Labute approximate surface area is 99.1 Å². The molecule has 1 aliphatic heterocycles. The van der Waals surface area contributed by atoms with E-state index in [1.807, 2.05) is 0 Å². The van der Waals surface area contributed by atoms with Crippen LogP contribution in [0.3, 0.4) is 0 Å². The van der Waals surface area contributed by atoms with Crippen molar-refractivity contribution in [2.24, 2.45) is 17.1 Å². The van der Waals surface area contributed by atoms with E-state index in [-0.39, 0.29) is 0 Å². The molecule has 3 N–H and O–H groups in total. The summed E-state index contributed by atoms with van der Waals surface area (Å²) in [5.74, 6) is 0.818. The van der Waals surface area contributed by atoms with Crippen LogP contribution in [0.15, 0.2) is 0 Å². The molecule has 0 aromatic rings. The van der Waals surface area contributed by atoms with Gasteiger partial charge in [0.25, 0.3) is 0 Å². The maximum Gasteiger partial charge on any atom is 0.0471 e. The number of nitrogens with two attached hydrogens (primary N) is 1. The first kappa shape index (κ1) is 12.3. The van der Waals surface area contributed by atoms with E-state index in [4.69, 9.17) is 10.5 Å². The molecule has 1 saturated heterocycles. The lowest BCUT2D eigenvalue weighted by Crippen LogP contribution is -2.38. The van der Waals surface area contributed by atoms with E-state index in [0.29, 0.717) is 11.5 Å². The van der Waals surface area contributed by atoms with Gasteiger partial charge in [0.05, 0.1) is 0 Å². The second kappa shape index (κ2) is 5.48. The minimum absolute atomic E-state index is 0.457. The molecule has 0 spiro atoms. The van der Waals surface area contributed by atoms with Gasteiger partial charge in [0, 0.05) is 25.8 Å². The first-order chi connectivity index (χ1) is 7.68. The molecule has 1 saturated carbocycles. The molecule has 16 heavy (non-hydrogen) atoms. The lowest BCUT2D eigenvalue weighted by Gasteiger charge is -2.34. The normalized spacial score (nSPS) is 34.1. The van der Waals surface area contributed by atoms with Crippen LogP contribution in [0.4, 0.5) is 0 Å². The molecule has 3 nitrogen and oxygen atoms in total. The van der Waals surface area contributed by atoms with Crippen LogP contribution in [0.5, 0.6) is 0 Å². The van der Waals surface area contributed by atoms with Crippen molar-refractivity contribution in [2.75, 3.05) is 26.3 Å². The molecule has 0 amide bonds. The van der Waals surface area contributed by atoms with Crippen molar-refractivity contribution in [1.82, 2.24) is 5.32 Å². The van der Waals surface area contributed by atoms with Crippen molar-refractivity contribution in [1.29, 1.82) is 0 Å². The van der Waals surface area contributed by atoms with E-state index in [2.05, 4.69) is 12.2 Å². The summed E-state index contributed by atoms with van der Waals surface area (Å²) in [6.45, 7) is 6.55. The van der Waals surface area contributed by atoms with E-state index in [1.165, 1.54) is 32.1 Å². The van der Waals surface area contributed by atoms with Gasteiger partial charge in [-0.25, -0.2) is 0 Å². The highest BCUT2D eigenvalue weighted by atomic mass is 16.5. The lowest BCUT2D eigenvalue weighted by molar-refractivity contribution is 0.0238. The van der Waals surface area contributed by atoms with Crippen LogP contribution in [-0.4, -0.2) is 32.3 Å². The maximum atomic E-state index is 5.92. The zero-order valence-corrected chi connectivity index (χ0v) is 10.5. The molecule has 2 atom stereocenters. The van der Waals surface area contributed by atoms with Gasteiger partial charge in [-0.2, -0.15) is 0 Å². The SMILES string of the molecule is CC1(CNCC2CCC(N)C2)CCOCC1. The van der Waals surface area contributed by atoms with Crippen molar-refractivity contribution >= 4 is 0 Å². The summed E-state index contributed by atoms with van der Waals surface area (Å²) in [6, 6.07) is 0.463. The molecule has 0 radical (unpaired) electrons. The summed E-state index contributed by atoms with van der Waals surface area (Å²) >= 11 is 0. The van der Waals surface area contributed by atoms with Crippen LogP contribution in [0.25, 0.3) is 0 Å². The minimum Gasteiger partial charge on any atom is -0.381 e. The summed E-state index contributed by atoms with van der Waals surface area (Å²) in [6.07, 6.45) is 6.15. The van der Waals surface area contributed by atoms with E-state index in [9.17, 15) is 0 Å². The molecule has 3 heteroatoms. The third kappa shape index (κ3) is 3.44. The van der Waals surface area contributed by atoms with Gasteiger partial charge in [-0.1, -0.05) is 6.92 Å². The van der Waals surface area contributed by atoms with Crippen LogP contribution >= 0.6 is 0 Å². The van der Waals surface area contributed by atoms with Gasteiger partial charge in [-0.15, -0.1) is 0 Å². The standard InChI is InChI=1S/C13H26N2O/c1-13(4-6-16-7-5-13)10-15-9-11-2-3-12(14)8-11/h11-12,15H,2-10,14H2,1H3. The number of hydrogen-bond acceptors (Lipinski definition) is 3. The molecular formula is C13H26N2O. The number of hydrogen-bond donors (Lipinski definition) is 2.